The fraction of sp³-hybridized carbons (Fsp3) is 0.263. The van der Waals surface area contributed by atoms with E-state index in [9.17, 15) is 4.79 Å². The van der Waals surface area contributed by atoms with E-state index in [1.807, 2.05) is 30.5 Å². The smallest absolute Gasteiger partial charge is 0.256 e. The van der Waals surface area contributed by atoms with Crippen LogP contribution in [0.1, 0.15) is 29.6 Å². The topological polar surface area (TPSA) is 75.9 Å². The molecule has 1 aromatic carbocycles. The van der Waals surface area contributed by atoms with E-state index in [1.54, 1.807) is 23.1 Å². The molecule has 26 heavy (non-hydrogen) atoms. The quantitative estimate of drug-likeness (QED) is 0.784. The van der Waals surface area contributed by atoms with Gasteiger partial charge < -0.3 is 10.2 Å². The number of carbonyl (C=O) groups excluding carboxylic acids is 1. The van der Waals surface area contributed by atoms with Crippen molar-refractivity contribution >= 4 is 17.4 Å². The summed E-state index contributed by atoms with van der Waals surface area (Å²) in [6, 6.07) is 11.0. The van der Waals surface area contributed by atoms with Crippen LogP contribution in [0.25, 0.3) is 5.69 Å². The predicted molar refractivity (Wildman–Crippen MR) is 99.6 cm³/mol. The van der Waals surface area contributed by atoms with Crippen LogP contribution in [-0.2, 0) is 0 Å². The third kappa shape index (κ3) is 3.56. The fourth-order valence-electron chi connectivity index (χ4n) is 3.09. The number of hydrogen-bond donors (Lipinski definition) is 1. The van der Waals surface area contributed by atoms with Crippen molar-refractivity contribution in [2.24, 2.45) is 0 Å². The Bertz CT molecular complexity index is 852. The van der Waals surface area contributed by atoms with Crippen molar-refractivity contribution in [2.75, 3.05) is 23.3 Å². The minimum atomic E-state index is -0.187. The molecular weight excluding hydrogens is 328 g/mol. The minimum absolute atomic E-state index is 0.187. The summed E-state index contributed by atoms with van der Waals surface area (Å²) in [5, 5.41) is 6.91. The molecule has 3 aromatic rings. The number of anilines is 2. The molecule has 0 atom stereocenters. The lowest BCUT2D eigenvalue weighted by molar-refractivity contribution is 0.102. The Labute approximate surface area is 151 Å². The number of hydrogen-bond acceptors (Lipinski definition) is 5. The van der Waals surface area contributed by atoms with Crippen molar-refractivity contribution < 1.29 is 4.79 Å². The summed E-state index contributed by atoms with van der Waals surface area (Å²) >= 11 is 0. The van der Waals surface area contributed by atoms with E-state index in [4.69, 9.17) is 0 Å². The zero-order valence-electron chi connectivity index (χ0n) is 14.4. The highest BCUT2D eigenvalue weighted by Gasteiger charge is 2.12. The van der Waals surface area contributed by atoms with E-state index < -0.39 is 0 Å². The maximum absolute atomic E-state index is 12.4. The zero-order chi connectivity index (χ0) is 17.8. The Balaban J connectivity index is 1.41. The molecule has 1 amide bonds. The lowest BCUT2D eigenvalue weighted by atomic mass is 10.1. The lowest BCUT2D eigenvalue weighted by Crippen LogP contribution is -2.29. The maximum Gasteiger partial charge on any atom is 0.256 e. The first-order valence-electron chi connectivity index (χ1n) is 8.77. The molecule has 0 unspecified atom stereocenters. The Morgan fingerprint density at radius 1 is 0.962 bits per heavy atom. The molecule has 2 aromatic heterocycles. The molecule has 132 valence electrons. The van der Waals surface area contributed by atoms with Crippen LogP contribution in [0, 0.1) is 0 Å². The summed E-state index contributed by atoms with van der Waals surface area (Å²) in [4.78, 5) is 23.0. The first-order chi connectivity index (χ1) is 12.8. The second-order valence-corrected chi connectivity index (χ2v) is 6.29. The van der Waals surface area contributed by atoms with Gasteiger partial charge in [0.2, 0.25) is 0 Å². The van der Waals surface area contributed by atoms with Gasteiger partial charge in [0.15, 0.2) is 0 Å². The summed E-state index contributed by atoms with van der Waals surface area (Å²) in [6.07, 6.45) is 8.66. The summed E-state index contributed by atoms with van der Waals surface area (Å²) in [7, 11) is 0. The van der Waals surface area contributed by atoms with E-state index >= 15 is 0 Å². The highest BCUT2D eigenvalue weighted by atomic mass is 16.1. The SMILES string of the molecule is O=C(Nc1ccc(N2CCCCC2)cn1)c1ccc(-n2cncn2)cc1. The van der Waals surface area contributed by atoms with E-state index in [1.165, 1.54) is 25.6 Å². The van der Waals surface area contributed by atoms with Gasteiger partial charge in [-0.2, -0.15) is 5.10 Å². The highest BCUT2D eigenvalue weighted by Crippen LogP contribution is 2.20. The molecule has 1 aliphatic heterocycles. The number of carbonyl (C=O) groups is 1. The van der Waals surface area contributed by atoms with Gasteiger partial charge in [-0.3, -0.25) is 4.79 Å². The van der Waals surface area contributed by atoms with Gasteiger partial charge >= 0.3 is 0 Å². The normalized spacial score (nSPS) is 14.2. The molecule has 7 nitrogen and oxygen atoms in total. The molecule has 0 aliphatic carbocycles. The second kappa shape index (κ2) is 7.35. The van der Waals surface area contributed by atoms with Crippen LogP contribution < -0.4 is 10.2 Å². The molecule has 1 saturated heterocycles. The Morgan fingerprint density at radius 2 is 1.73 bits per heavy atom. The third-order valence-electron chi connectivity index (χ3n) is 4.52. The molecule has 1 N–H and O–H groups in total. The monoisotopic (exact) mass is 348 g/mol. The van der Waals surface area contributed by atoms with Crippen molar-refractivity contribution in [3.8, 4) is 5.69 Å². The predicted octanol–water partition coefficient (Wildman–Crippen LogP) is 2.90. The van der Waals surface area contributed by atoms with Gasteiger partial charge in [0.1, 0.15) is 18.5 Å². The molecule has 1 aliphatic rings. The fourth-order valence-corrected chi connectivity index (χ4v) is 3.09. The second-order valence-electron chi connectivity index (χ2n) is 6.29. The molecule has 7 heteroatoms. The maximum atomic E-state index is 12.4. The van der Waals surface area contributed by atoms with Crippen LogP contribution in [0.2, 0.25) is 0 Å². The standard InChI is InChI=1S/C19H20N6O/c26-19(15-4-6-16(7-5-15)25-14-20-13-22-25)23-18-9-8-17(12-21-18)24-10-2-1-3-11-24/h4-9,12-14H,1-3,10-11H2,(H,21,23,26). The van der Waals surface area contributed by atoms with Gasteiger partial charge in [-0.05, 0) is 55.7 Å². The average Bonchev–Trinajstić information content (AvgIpc) is 3.24. The average molecular weight is 348 g/mol. The summed E-state index contributed by atoms with van der Waals surface area (Å²) in [5.41, 5.74) is 2.53. The van der Waals surface area contributed by atoms with Crippen LogP contribution in [0.15, 0.2) is 55.2 Å². The number of aromatic nitrogens is 4. The first-order valence-corrected chi connectivity index (χ1v) is 8.77. The number of pyridine rings is 1. The lowest BCUT2D eigenvalue weighted by Gasteiger charge is -2.28. The van der Waals surface area contributed by atoms with Gasteiger partial charge in [-0.1, -0.05) is 0 Å². The van der Waals surface area contributed by atoms with Crippen molar-refractivity contribution in [3.05, 3.63) is 60.8 Å². The van der Waals surface area contributed by atoms with Crippen LogP contribution in [0.3, 0.4) is 0 Å². The molecule has 0 spiro atoms. The number of rotatable bonds is 4. The van der Waals surface area contributed by atoms with Crippen molar-refractivity contribution in [1.82, 2.24) is 19.7 Å². The Morgan fingerprint density at radius 3 is 2.38 bits per heavy atom. The molecule has 0 saturated carbocycles. The van der Waals surface area contributed by atoms with E-state index in [-0.39, 0.29) is 5.91 Å². The number of nitrogens with one attached hydrogen (secondary N) is 1. The summed E-state index contributed by atoms with van der Waals surface area (Å²) in [6.45, 7) is 2.15. The zero-order valence-corrected chi connectivity index (χ0v) is 14.4. The highest BCUT2D eigenvalue weighted by molar-refractivity contribution is 6.03. The van der Waals surface area contributed by atoms with Gasteiger partial charge in [0.25, 0.3) is 5.91 Å². The van der Waals surface area contributed by atoms with Crippen LogP contribution in [0.4, 0.5) is 11.5 Å². The van der Waals surface area contributed by atoms with Crippen molar-refractivity contribution in [3.63, 3.8) is 0 Å². The largest absolute Gasteiger partial charge is 0.370 e. The van der Waals surface area contributed by atoms with Gasteiger partial charge in [0, 0.05) is 18.7 Å². The van der Waals surface area contributed by atoms with Crippen LogP contribution >= 0.6 is 0 Å². The Hall–Kier alpha value is -3.22. The summed E-state index contributed by atoms with van der Waals surface area (Å²) < 4.78 is 1.64. The molecule has 0 bridgehead atoms. The van der Waals surface area contributed by atoms with E-state index in [0.29, 0.717) is 11.4 Å². The minimum Gasteiger partial charge on any atom is -0.370 e. The number of benzene rings is 1. The molecule has 3 heterocycles. The summed E-state index contributed by atoms with van der Waals surface area (Å²) in [5.74, 6) is 0.365. The van der Waals surface area contributed by atoms with E-state index in [2.05, 4.69) is 25.3 Å². The van der Waals surface area contributed by atoms with E-state index in [0.717, 1.165) is 24.5 Å². The molecule has 1 fully saturated rings. The molecule has 4 rings (SSSR count). The van der Waals surface area contributed by atoms with Crippen LogP contribution in [-0.4, -0.2) is 38.7 Å². The molecular formula is C19H20N6O. The third-order valence-corrected chi connectivity index (χ3v) is 4.52. The van der Waals surface area contributed by atoms with Crippen LogP contribution in [0.5, 0.6) is 0 Å². The van der Waals surface area contributed by atoms with Gasteiger partial charge in [-0.15, -0.1) is 0 Å². The first kappa shape index (κ1) is 16.3. The van der Waals surface area contributed by atoms with Gasteiger partial charge in [-0.25, -0.2) is 14.6 Å². The van der Waals surface area contributed by atoms with Crippen molar-refractivity contribution in [2.45, 2.75) is 19.3 Å². The van der Waals surface area contributed by atoms with Crippen molar-refractivity contribution in [1.29, 1.82) is 0 Å². The number of nitrogens with zero attached hydrogens (tertiary/aromatic N) is 5. The Kier molecular flexibility index (Phi) is 4.59. The number of piperidine rings is 1. The van der Waals surface area contributed by atoms with Gasteiger partial charge in [0.05, 0.1) is 17.6 Å². The number of amides is 1. The molecule has 0 radical (unpaired) electrons.